The van der Waals surface area contributed by atoms with Gasteiger partial charge in [-0.3, -0.25) is 0 Å². The van der Waals surface area contributed by atoms with Crippen molar-refractivity contribution in [3.8, 4) is 0 Å². The second kappa shape index (κ2) is 4.83. The molecule has 0 aliphatic heterocycles. The number of hydrogen-bond donors (Lipinski definition) is 2. The van der Waals surface area contributed by atoms with Gasteiger partial charge in [-0.1, -0.05) is 11.2 Å². The topological polar surface area (TPSA) is 61.8 Å². The predicted octanol–water partition coefficient (Wildman–Crippen LogP) is 1.76. The van der Waals surface area contributed by atoms with Crippen LogP contribution in [-0.2, 0) is 0 Å². The molecule has 4 nitrogen and oxygen atoms in total. The maximum atomic E-state index is 13.6. The quantitative estimate of drug-likeness (QED) is 0.356. The Labute approximate surface area is 94.2 Å². The van der Waals surface area contributed by atoms with Gasteiger partial charge in [0, 0.05) is 13.1 Å². The number of nitrogens with two attached hydrogens (primary N) is 1. The lowest BCUT2D eigenvalue weighted by molar-refractivity contribution is 0.318. The monoisotopic (exact) mass is 225 g/mol. The molecule has 0 aliphatic rings. The zero-order valence-electron chi connectivity index (χ0n) is 9.61. The normalized spacial score (nSPS) is 11.9. The first-order valence-electron chi connectivity index (χ1n) is 4.98. The number of benzene rings is 1. The molecular formula is C11H16FN3O. The van der Waals surface area contributed by atoms with E-state index < -0.39 is 5.82 Å². The molecule has 0 bridgehead atoms. The van der Waals surface area contributed by atoms with E-state index in [1.54, 1.807) is 12.1 Å². The number of oxime groups is 1. The molecule has 16 heavy (non-hydrogen) atoms. The van der Waals surface area contributed by atoms with Crippen molar-refractivity contribution in [2.24, 2.45) is 10.9 Å². The summed E-state index contributed by atoms with van der Waals surface area (Å²) in [5.74, 6) is -0.721. The molecule has 0 unspecified atom stereocenters. The van der Waals surface area contributed by atoms with Crippen LogP contribution in [0, 0.1) is 5.82 Å². The van der Waals surface area contributed by atoms with E-state index in [2.05, 4.69) is 5.16 Å². The zero-order chi connectivity index (χ0) is 12.3. The summed E-state index contributed by atoms with van der Waals surface area (Å²) >= 11 is 0. The van der Waals surface area contributed by atoms with Gasteiger partial charge in [0.1, 0.15) is 5.82 Å². The minimum Gasteiger partial charge on any atom is -0.409 e. The van der Waals surface area contributed by atoms with Crippen molar-refractivity contribution >= 4 is 11.5 Å². The Morgan fingerprint density at radius 2 is 2.12 bits per heavy atom. The number of anilines is 1. The van der Waals surface area contributed by atoms with Gasteiger partial charge >= 0.3 is 0 Å². The van der Waals surface area contributed by atoms with E-state index >= 15 is 0 Å². The highest BCUT2D eigenvalue weighted by atomic mass is 19.1. The van der Waals surface area contributed by atoms with Crippen LogP contribution in [0.3, 0.4) is 0 Å². The largest absolute Gasteiger partial charge is 0.409 e. The summed E-state index contributed by atoms with van der Waals surface area (Å²) in [4.78, 5) is 1.86. The molecular weight excluding hydrogens is 209 g/mol. The van der Waals surface area contributed by atoms with Crippen molar-refractivity contribution in [2.45, 2.75) is 19.9 Å². The lowest BCUT2D eigenvalue weighted by atomic mass is 10.1. The number of rotatable bonds is 3. The molecule has 1 rings (SSSR count). The van der Waals surface area contributed by atoms with Crippen LogP contribution in [0.5, 0.6) is 0 Å². The van der Waals surface area contributed by atoms with E-state index in [1.165, 1.54) is 6.07 Å². The van der Waals surface area contributed by atoms with Crippen molar-refractivity contribution in [3.63, 3.8) is 0 Å². The van der Waals surface area contributed by atoms with E-state index in [0.717, 1.165) is 0 Å². The first kappa shape index (κ1) is 12.3. The van der Waals surface area contributed by atoms with Crippen LogP contribution in [0.25, 0.3) is 0 Å². The van der Waals surface area contributed by atoms with Crippen molar-refractivity contribution in [3.05, 3.63) is 29.6 Å². The van der Waals surface area contributed by atoms with Gasteiger partial charge in [0.15, 0.2) is 5.84 Å². The summed E-state index contributed by atoms with van der Waals surface area (Å²) in [5, 5.41) is 11.5. The second-order valence-corrected chi connectivity index (χ2v) is 3.82. The van der Waals surface area contributed by atoms with E-state index in [0.29, 0.717) is 5.69 Å². The Kier molecular flexibility index (Phi) is 3.71. The predicted molar refractivity (Wildman–Crippen MR) is 62.4 cm³/mol. The molecule has 0 spiro atoms. The molecule has 0 aromatic heterocycles. The fourth-order valence-electron chi connectivity index (χ4n) is 1.39. The van der Waals surface area contributed by atoms with Crippen LogP contribution in [-0.4, -0.2) is 24.1 Å². The van der Waals surface area contributed by atoms with E-state index in [-0.39, 0.29) is 17.4 Å². The third kappa shape index (κ3) is 2.24. The third-order valence-electron chi connectivity index (χ3n) is 2.51. The lowest BCUT2D eigenvalue weighted by Gasteiger charge is -2.26. The Morgan fingerprint density at radius 1 is 1.50 bits per heavy atom. The molecule has 3 N–H and O–H groups in total. The number of halogens is 1. The molecule has 1 aromatic carbocycles. The molecule has 0 fully saturated rings. The van der Waals surface area contributed by atoms with Gasteiger partial charge < -0.3 is 15.8 Å². The Hall–Kier alpha value is -1.78. The fourth-order valence-corrected chi connectivity index (χ4v) is 1.39. The number of hydrogen-bond acceptors (Lipinski definition) is 3. The molecule has 0 aliphatic carbocycles. The standard InChI is InChI=1S/C11H16FN3O/c1-7(2)15(3)9-6-4-5-8(12)10(9)11(13)14-16/h4-7,16H,1-3H3,(H2,13,14). The first-order chi connectivity index (χ1) is 7.49. The molecule has 5 heteroatoms. The molecule has 0 heterocycles. The van der Waals surface area contributed by atoms with Gasteiger partial charge in [-0.15, -0.1) is 0 Å². The highest BCUT2D eigenvalue weighted by Gasteiger charge is 2.17. The SMILES string of the molecule is CC(C)N(C)c1cccc(F)c1C(N)=NO. The zero-order valence-corrected chi connectivity index (χ0v) is 9.61. The van der Waals surface area contributed by atoms with Gasteiger partial charge in [-0.2, -0.15) is 0 Å². The van der Waals surface area contributed by atoms with Crippen LogP contribution in [0.4, 0.5) is 10.1 Å². The van der Waals surface area contributed by atoms with Gasteiger partial charge in [-0.25, -0.2) is 4.39 Å². The maximum absolute atomic E-state index is 13.6. The smallest absolute Gasteiger partial charge is 0.175 e. The summed E-state index contributed by atoms with van der Waals surface area (Å²) < 4.78 is 13.6. The summed E-state index contributed by atoms with van der Waals surface area (Å²) in [5.41, 5.74) is 6.20. The fraction of sp³-hybridized carbons (Fsp3) is 0.364. The van der Waals surface area contributed by atoms with E-state index in [1.807, 2.05) is 25.8 Å². The Balaban J connectivity index is 3.34. The van der Waals surface area contributed by atoms with Crippen molar-refractivity contribution < 1.29 is 9.60 Å². The summed E-state index contributed by atoms with van der Waals surface area (Å²) in [6.45, 7) is 3.95. The average Bonchev–Trinajstić information content (AvgIpc) is 2.26. The second-order valence-electron chi connectivity index (χ2n) is 3.82. The molecule has 0 atom stereocenters. The minimum absolute atomic E-state index is 0.126. The van der Waals surface area contributed by atoms with Gasteiger partial charge in [0.05, 0.1) is 11.3 Å². The molecule has 0 amide bonds. The Morgan fingerprint density at radius 3 is 2.62 bits per heavy atom. The highest BCUT2D eigenvalue weighted by molar-refractivity contribution is 6.02. The number of nitrogens with zero attached hydrogens (tertiary/aromatic N) is 2. The van der Waals surface area contributed by atoms with Crippen LogP contribution in [0.2, 0.25) is 0 Å². The third-order valence-corrected chi connectivity index (χ3v) is 2.51. The highest BCUT2D eigenvalue weighted by Crippen LogP contribution is 2.23. The van der Waals surface area contributed by atoms with Gasteiger partial charge in [0.25, 0.3) is 0 Å². The van der Waals surface area contributed by atoms with Crippen LogP contribution < -0.4 is 10.6 Å². The van der Waals surface area contributed by atoms with Crippen LogP contribution in [0.1, 0.15) is 19.4 Å². The first-order valence-corrected chi connectivity index (χ1v) is 4.98. The van der Waals surface area contributed by atoms with Crippen LogP contribution >= 0.6 is 0 Å². The summed E-state index contributed by atoms with van der Waals surface area (Å²) in [6, 6.07) is 4.80. The van der Waals surface area contributed by atoms with Crippen LogP contribution in [0.15, 0.2) is 23.4 Å². The van der Waals surface area contributed by atoms with Gasteiger partial charge in [-0.05, 0) is 26.0 Å². The molecule has 0 saturated carbocycles. The van der Waals surface area contributed by atoms with Crippen molar-refractivity contribution in [1.82, 2.24) is 0 Å². The molecule has 0 radical (unpaired) electrons. The number of amidine groups is 1. The molecule has 0 saturated heterocycles. The van der Waals surface area contributed by atoms with Crippen molar-refractivity contribution in [2.75, 3.05) is 11.9 Å². The summed E-state index contributed by atoms with van der Waals surface area (Å²) in [7, 11) is 1.83. The minimum atomic E-state index is -0.500. The average molecular weight is 225 g/mol. The molecule has 88 valence electrons. The van der Waals surface area contributed by atoms with Gasteiger partial charge in [0.2, 0.25) is 0 Å². The van der Waals surface area contributed by atoms with E-state index in [4.69, 9.17) is 10.9 Å². The Bertz CT molecular complexity index is 404. The summed E-state index contributed by atoms with van der Waals surface area (Å²) in [6.07, 6.45) is 0. The van der Waals surface area contributed by atoms with Crippen molar-refractivity contribution in [1.29, 1.82) is 0 Å². The lowest BCUT2D eigenvalue weighted by Crippen LogP contribution is -2.29. The molecule has 1 aromatic rings. The maximum Gasteiger partial charge on any atom is 0.175 e. The van der Waals surface area contributed by atoms with E-state index in [9.17, 15) is 4.39 Å².